The van der Waals surface area contributed by atoms with Crippen molar-refractivity contribution < 1.29 is 9.90 Å². The van der Waals surface area contributed by atoms with Crippen molar-refractivity contribution >= 4 is 27.5 Å². The summed E-state index contributed by atoms with van der Waals surface area (Å²) in [6.07, 6.45) is 0. The van der Waals surface area contributed by atoms with Crippen LogP contribution in [0.15, 0.2) is 46.9 Å². The first-order valence-electron chi connectivity index (χ1n) is 6.14. The first-order valence-corrected chi connectivity index (χ1v) is 6.93. The minimum absolute atomic E-state index is 0.0446. The van der Waals surface area contributed by atoms with E-state index >= 15 is 0 Å². The molecule has 0 aromatic heterocycles. The number of halogens is 1. The van der Waals surface area contributed by atoms with Crippen LogP contribution in [-0.2, 0) is 6.54 Å². The largest absolute Gasteiger partial charge is 0.507 e. The van der Waals surface area contributed by atoms with Gasteiger partial charge in [0.25, 0.3) is 5.91 Å². The molecule has 0 fully saturated rings. The highest BCUT2D eigenvalue weighted by atomic mass is 79.9. The number of phenols is 1. The van der Waals surface area contributed by atoms with Crippen LogP contribution in [0, 0.1) is 0 Å². The van der Waals surface area contributed by atoms with Crippen molar-refractivity contribution in [1.29, 1.82) is 0 Å². The first kappa shape index (κ1) is 14.6. The number of hydrogen-bond acceptors (Lipinski definition) is 3. The Morgan fingerprint density at radius 1 is 1.25 bits per heavy atom. The Balaban J connectivity index is 2.26. The lowest BCUT2D eigenvalue weighted by molar-refractivity contribution is 0.102. The summed E-state index contributed by atoms with van der Waals surface area (Å²) in [4.78, 5) is 12.2. The zero-order valence-corrected chi connectivity index (χ0v) is 12.6. The summed E-state index contributed by atoms with van der Waals surface area (Å²) in [5.41, 5.74) is 1.95. The van der Waals surface area contributed by atoms with Crippen LogP contribution < -0.4 is 10.6 Å². The fraction of sp³-hybridized carbons (Fsp3) is 0.133. The van der Waals surface area contributed by atoms with Gasteiger partial charge in [-0.25, -0.2) is 0 Å². The zero-order valence-electron chi connectivity index (χ0n) is 11.0. The van der Waals surface area contributed by atoms with Crippen molar-refractivity contribution in [1.82, 2.24) is 5.32 Å². The summed E-state index contributed by atoms with van der Waals surface area (Å²) in [6.45, 7) is 0.654. The number of amides is 1. The van der Waals surface area contributed by atoms with Crippen molar-refractivity contribution in [3.8, 4) is 5.75 Å². The Morgan fingerprint density at radius 2 is 2.00 bits per heavy atom. The van der Waals surface area contributed by atoms with Gasteiger partial charge in [-0.3, -0.25) is 4.79 Å². The van der Waals surface area contributed by atoms with Gasteiger partial charge in [-0.2, -0.15) is 0 Å². The molecule has 20 heavy (non-hydrogen) atoms. The van der Waals surface area contributed by atoms with E-state index in [9.17, 15) is 9.90 Å². The molecule has 104 valence electrons. The Hall–Kier alpha value is -1.85. The third-order valence-corrected chi connectivity index (χ3v) is 3.33. The minimum atomic E-state index is -0.340. The molecular weight excluding hydrogens is 320 g/mol. The third-order valence-electron chi connectivity index (χ3n) is 2.84. The topological polar surface area (TPSA) is 61.4 Å². The minimum Gasteiger partial charge on any atom is -0.507 e. The van der Waals surface area contributed by atoms with E-state index in [0.29, 0.717) is 6.54 Å². The molecule has 0 spiro atoms. The number of para-hydroxylation sites is 1. The summed E-state index contributed by atoms with van der Waals surface area (Å²) in [5.74, 6) is -0.385. The molecule has 0 saturated heterocycles. The predicted molar refractivity (Wildman–Crippen MR) is 83.0 cm³/mol. The number of aromatic hydroxyl groups is 1. The molecule has 1 amide bonds. The van der Waals surface area contributed by atoms with Crippen LogP contribution in [0.5, 0.6) is 5.75 Å². The molecular formula is C15H15BrN2O2. The molecule has 0 radical (unpaired) electrons. The fourth-order valence-electron chi connectivity index (χ4n) is 1.87. The van der Waals surface area contributed by atoms with Crippen LogP contribution in [0.3, 0.4) is 0 Å². The van der Waals surface area contributed by atoms with Crippen molar-refractivity contribution in [2.75, 3.05) is 12.4 Å². The Bertz CT molecular complexity index is 629. The molecule has 5 heteroatoms. The second kappa shape index (κ2) is 6.54. The van der Waals surface area contributed by atoms with Gasteiger partial charge in [0.05, 0.1) is 5.56 Å². The predicted octanol–water partition coefficient (Wildman–Crippen LogP) is 3.13. The van der Waals surface area contributed by atoms with Crippen molar-refractivity contribution in [3.05, 3.63) is 58.1 Å². The summed E-state index contributed by atoms with van der Waals surface area (Å²) >= 11 is 3.29. The Labute approximate surface area is 126 Å². The van der Waals surface area contributed by atoms with E-state index in [1.54, 1.807) is 12.1 Å². The molecule has 4 nitrogen and oxygen atoms in total. The number of carbonyl (C=O) groups excluding carboxylic acids is 1. The lowest BCUT2D eigenvalue weighted by Crippen LogP contribution is -2.15. The van der Waals surface area contributed by atoms with Gasteiger partial charge in [0, 0.05) is 16.7 Å². The molecule has 0 aliphatic rings. The number of rotatable bonds is 4. The van der Waals surface area contributed by atoms with E-state index in [0.717, 1.165) is 15.7 Å². The number of anilines is 1. The van der Waals surface area contributed by atoms with E-state index in [4.69, 9.17) is 0 Å². The average molecular weight is 335 g/mol. The lowest BCUT2D eigenvalue weighted by atomic mass is 10.1. The van der Waals surface area contributed by atoms with Crippen LogP contribution in [0.1, 0.15) is 15.9 Å². The van der Waals surface area contributed by atoms with Gasteiger partial charge in [0.1, 0.15) is 5.75 Å². The molecule has 2 aromatic carbocycles. The van der Waals surface area contributed by atoms with E-state index in [2.05, 4.69) is 26.6 Å². The lowest BCUT2D eigenvalue weighted by Gasteiger charge is -2.11. The fourth-order valence-corrected chi connectivity index (χ4v) is 2.23. The van der Waals surface area contributed by atoms with E-state index in [1.807, 2.05) is 31.3 Å². The Morgan fingerprint density at radius 3 is 2.75 bits per heavy atom. The summed E-state index contributed by atoms with van der Waals surface area (Å²) in [6, 6.07) is 12.3. The third kappa shape index (κ3) is 3.37. The van der Waals surface area contributed by atoms with Crippen LogP contribution in [-0.4, -0.2) is 18.1 Å². The van der Waals surface area contributed by atoms with Crippen molar-refractivity contribution in [3.63, 3.8) is 0 Å². The molecule has 0 aliphatic carbocycles. The molecule has 3 N–H and O–H groups in total. The molecule has 0 atom stereocenters. The molecule has 0 bridgehead atoms. The first-order chi connectivity index (χ1) is 9.61. The van der Waals surface area contributed by atoms with Crippen LogP contribution >= 0.6 is 15.9 Å². The number of nitrogens with one attached hydrogen (secondary N) is 2. The van der Waals surface area contributed by atoms with Gasteiger partial charge in [0.2, 0.25) is 0 Å². The van der Waals surface area contributed by atoms with Gasteiger partial charge in [-0.15, -0.1) is 0 Å². The highest BCUT2D eigenvalue weighted by molar-refractivity contribution is 9.10. The summed E-state index contributed by atoms with van der Waals surface area (Å²) in [5, 5.41) is 15.6. The van der Waals surface area contributed by atoms with Crippen LogP contribution in [0.25, 0.3) is 0 Å². The highest BCUT2D eigenvalue weighted by Crippen LogP contribution is 2.24. The maximum absolute atomic E-state index is 12.2. The smallest absolute Gasteiger partial charge is 0.259 e. The second-order valence-corrected chi connectivity index (χ2v) is 5.22. The molecule has 0 saturated carbocycles. The van der Waals surface area contributed by atoms with Crippen LogP contribution in [0.2, 0.25) is 0 Å². The zero-order chi connectivity index (χ0) is 14.5. The SMILES string of the molecule is CNCc1ccccc1NC(=O)c1cc(Br)ccc1O. The second-order valence-electron chi connectivity index (χ2n) is 4.30. The average Bonchev–Trinajstić information content (AvgIpc) is 2.44. The summed E-state index contributed by atoms with van der Waals surface area (Å²) in [7, 11) is 1.85. The molecule has 2 rings (SSSR count). The number of carbonyl (C=O) groups is 1. The van der Waals surface area contributed by atoms with Gasteiger partial charge in [-0.1, -0.05) is 34.1 Å². The monoisotopic (exact) mass is 334 g/mol. The van der Waals surface area contributed by atoms with Gasteiger partial charge >= 0.3 is 0 Å². The van der Waals surface area contributed by atoms with E-state index in [-0.39, 0.29) is 17.2 Å². The quantitative estimate of drug-likeness (QED) is 0.805. The highest BCUT2D eigenvalue weighted by Gasteiger charge is 2.13. The van der Waals surface area contributed by atoms with Crippen molar-refractivity contribution in [2.24, 2.45) is 0 Å². The van der Waals surface area contributed by atoms with Gasteiger partial charge < -0.3 is 15.7 Å². The normalized spacial score (nSPS) is 10.3. The van der Waals surface area contributed by atoms with Crippen molar-refractivity contribution in [2.45, 2.75) is 6.54 Å². The Kier molecular flexibility index (Phi) is 4.76. The summed E-state index contributed by atoms with van der Waals surface area (Å²) < 4.78 is 0.740. The van der Waals surface area contributed by atoms with Crippen LogP contribution in [0.4, 0.5) is 5.69 Å². The molecule has 0 unspecified atom stereocenters. The van der Waals surface area contributed by atoms with E-state index < -0.39 is 0 Å². The standard InChI is InChI=1S/C15H15BrN2O2/c1-17-9-10-4-2-3-5-13(10)18-15(20)12-8-11(16)6-7-14(12)19/h2-8,17,19H,9H2,1H3,(H,18,20). The molecule has 0 aliphatic heterocycles. The number of benzene rings is 2. The van der Waals surface area contributed by atoms with Gasteiger partial charge in [0.15, 0.2) is 0 Å². The number of hydrogen-bond donors (Lipinski definition) is 3. The molecule has 2 aromatic rings. The molecule has 0 heterocycles. The maximum Gasteiger partial charge on any atom is 0.259 e. The van der Waals surface area contributed by atoms with E-state index in [1.165, 1.54) is 6.07 Å². The number of phenolic OH excluding ortho intramolecular Hbond substituents is 1. The maximum atomic E-state index is 12.2. The van der Waals surface area contributed by atoms with Gasteiger partial charge in [-0.05, 0) is 36.9 Å².